The van der Waals surface area contributed by atoms with Gasteiger partial charge in [0.05, 0.1) is 37.2 Å². The Bertz CT molecular complexity index is 811. The van der Waals surface area contributed by atoms with Crippen LogP contribution in [0.5, 0.6) is 0 Å². The summed E-state index contributed by atoms with van der Waals surface area (Å²) in [4.78, 5) is 44.6. The van der Waals surface area contributed by atoms with Crippen LogP contribution in [0.15, 0.2) is 25.3 Å². The van der Waals surface area contributed by atoms with Crippen molar-refractivity contribution in [2.75, 3.05) is 19.8 Å². The zero-order valence-corrected chi connectivity index (χ0v) is 21.5. The second-order valence-electron chi connectivity index (χ2n) is 10.1. The lowest BCUT2D eigenvalue weighted by Gasteiger charge is -2.40. The Labute approximate surface area is 209 Å². The van der Waals surface area contributed by atoms with Crippen LogP contribution in [-0.2, 0) is 23.9 Å². The van der Waals surface area contributed by atoms with Crippen molar-refractivity contribution in [3.8, 4) is 0 Å². The summed E-state index contributed by atoms with van der Waals surface area (Å²) in [5.41, 5.74) is -1.09. The molecule has 2 bridgehead atoms. The van der Waals surface area contributed by atoms with E-state index in [1.807, 2.05) is 13.8 Å². The Morgan fingerprint density at radius 2 is 2.09 bits per heavy atom. The van der Waals surface area contributed by atoms with E-state index in [0.717, 1.165) is 19.3 Å². The maximum absolute atomic E-state index is 14.2. The summed E-state index contributed by atoms with van der Waals surface area (Å²) < 4.78 is 12.0. The van der Waals surface area contributed by atoms with Crippen LogP contribution in [-0.4, -0.2) is 82.3 Å². The summed E-state index contributed by atoms with van der Waals surface area (Å²) in [6.45, 7) is 13.8. The highest BCUT2D eigenvalue weighted by atomic mass is 16.6. The molecule has 0 radical (unpaired) electrons. The third-order valence-electron chi connectivity index (χ3n) is 7.96. The van der Waals surface area contributed by atoms with Crippen LogP contribution in [0.1, 0.15) is 65.7 Å². The summed E-state index contributed by atoms with van der Waals surface area (Å²) >= 11 is 0. The largest absolute Gasteiger partial charge is 0.465 e. The van der Waals surface area contributed by atoms with E-state index in [0.29, 0.717) is 32.2 Å². The Morgan fingerprint density at radius 3 is 2.69 bits per heavy atom. The molecule has 7 atom stereocenters. The minimum absolute atomic E-state index is 0.0451. The highest BCUT2D eigenvalue weighted by molar-refractivity contribution is 5.98. The molecule has 8 heteroatoms. The summed E-state index contributed by atoms with van der Waals surface area (Å²) in [6.07, 6.45) is 7.75. The van der Waals surface area contributed by atoms with E-state index < -0.39 is 41.6 Å². The number of amides is 2. The fourth-order valence-corrected chi connectivity index (χ4v) is 6.30. The lowest BCUT2D eigenvalue weighted by atomic mass is 9.70. The number of fused-ring (bicyclic) bond motifs is 1. The summed E-state index contributed by atoms with van der Waals surface area (Å²) in [5.74, 6) is -2.45. The van der Waals surface area contributed by atoms with Crippen molar-refractivity contribution >= 4 is 17.8 Å². The molecule has 3 fully saturated rings. The molecular weight excluding hydrogens is 448 g/mol. The molecule has 1 spiro atoms. The minimum Gasteiger partial charge on any atom is -0.465 e. The second kappa shape index (κ2) is 11.7. The third kappa shape index (κ3) is 4.79. The number of ether oxygens (including phenoxy) is 2. The highest BCUT2D eigenvalue weighted by Crippen LogP contribution is 2.59. The van der Waals surface area contributed by atoms with Crippen LogP contribution in [0.4, 0.5) is 0 Å². The molecule has 2 amide bonds. The van der Waals surface area contributed by atoms with Crippen molar-refractivity contribution in [2.24, 2.45) is 11.8 Å². The molecule has 3 aliphatic heterocycles. The molecule has 35 heavy (non-hydrogen) atoms. The molecule has 0 aliphatic carbocycles. The molecule has 8 nitrogen and oxygen atoms in total. The lowest BCUT2D eigenvalue weighted by Crippen LogP contribution is -2.60. The van der Waals surface area contributed by atoms with Crippen LogP contribution in [0.25, 0.3) is 0 Å². The summed E-state index contributed by atoms with van der Waals surface area (Å²) in [7, 11) is 0. The third-order valence-corrected chi connectivity index (χ3v) is 7.96. The molecule has 0 aromatic carbocycles. The first kappa shape index (κ1) is 27.4. The summed E-state index contributed by atoms with van der Waals surface area (Å²) in [6, 6.07) is -1.47. The number of carbonyl (C=O) groups is 3. The van der Waals surface area contributed by atoms with Crippen LogP contribution >= 0.6 is 0 Å². The van der Waals surface area contributed by atoms with E-state index in [-0.39, 0.29) is 31.1 Å². The normalized spacial score (nSPS) is 30.6. The first-order chi connectivity index (χ1) is 16.8. The molecule has 3 rings (SSSR count). The average molecular weight is 491 g/mol. The van der Waals surface area contributed by atoms with E-state index in [9.17, 15) is 19.5 Å². The number of hydrogen-bond acceptors (Lipinski definition) is 6. The first-order valence-electron chi connectivity index (χ1n) is 13.1. The number of rotatable bonds is 14. The van der Waals surface area contributed by atoms with Gasteiger partial charge >= 0.3 is 5.97 Å². The molecule has 3 aliphatic rings. The van der Waals surface area contributed by atoms with Crippen LogP contribution in [0, 0.1) is 11.8 Å². The molecule has 0 saturated carbocycles. The van der Waals surface area contributed by atoms with Gasteiger partial charge in [-0.2, -0.15) is 0 Å². The zero-order valence-electron chi connectivity index (χ0n) is 21.5. The lowest BCUT2D eigenvalue weighted by molar-refractivity contribution is -0.157. The Kier molecular flexibility index (Phi) is 9.16. The number of aliphatic hydroxyl groups is 1. The van der Waals surface area contributed by atoms with Crippen molar-refractivity contribution < 1.29 is 29.0 Å². The van der Waals surface area contributed by atoms with Gasteiger partial charge in [-0.3, -0.25) is 14.4 Å². The zero-order chi connectivity index (χ0) is 25.8. The number of aliphatic hydroxyl groups excluding tert-OH is 1. The molecular formula is C27H42N2O6. The number of likely N-dealkylation sites (tertiary alicyclic amines) is 1. The quantitative estimate of drug-likeness (QED) is 0.229. The van der Waals surface area contributed by atoms with Gasteiger partial charge < -0.3 is 24.4 Å². The van der Waals surface area contributed by atoms with Crippen molar-refractivity contribution in [2.45, 2.75) is 95.5 Å². The second-order valence-corrected chi connectivity index (χ2v) is 10.1. The number of nitrogens with zero attached hydrogens (tertiary/aromatic N) is 2. The Morgan fingerprint density at radius 1 is 1.34 bits per heavy atom. The number of carbonyl (C=O) groups excluding carboxylic acids is 3. The van der Waals surface area contributed by atoms with Crippen LogP contribution in [0.3, 0.4) is 0 Å². The SMILES string of the molecule is C=CCCCOC(=O)[C@@H]1[C@H]2C(=O)N([C@@H](CC)CO)C(C(=O)N(CC=C)C(C)CCC)C23CC[C@H]1O3. The standard InChI is InChI=1S/C27H42N2O6/c1-6-10-11-16-34-26(33)21-20-13-14-27(35-20)22(21)24(31)29(19(9-4)17-30)23(27)25(32)28(15-8-3)18(5)12-7-2/h6,8,18-23,30H,1,3,7,9-17H2,2,4-5H3/t18?,19-,20+,21-,22-,23?,27?/m0/s1. The van der Waals surface area contributed by atoms with Gasteiger partial charge in [0.2, 0.25) is 11.8 Å². The number of unbranched alkanes of at least 4 members (excludes halogenated alkanes) is 1. The molecule has 196 valence electrons. The molecule has 3 heterocycles. The van der Waals surface area contributed by atoms with E-state index in [4.69, 9.17) is 9.47 Å². The molecule has 3 unspecified atom stereocenters. The van der Waals surface area contributed by atoms with E-state index in [2.05, 4.69) is 20.1 Å². The molecule has 3 saturated heterocycles. The van der Waals surface area contributed by atoms with Crippen molar-refractivity contribution in [3.05, 3.63) is 25.3 Å². The maximum atomic E-state index is 14.2. The van der Waals surface area contributed by atoms with Crippen molar-refractivity contribution in [3.63, 3.8) is 0 Å². The van der Waals surface area contributed by atoms with E-state index >= 15 is 0 Å². The van der Waals surface area contributed by atoms with Gasteiger partial charge in [0.1, 0.15) is 11.6 Å². The van der Waals surface area contributed by atoms with E-state index in [1.165, 1.54) is 4.90 Å². The van der Waals surface area contributed by atoms with Gasteiger partial charge in [0, 0.05) is 12.6 Å². The Balaban J connectivity index is 1.99. The van der Waals surface area contributed by atoms with Crippen molar-refractivity contribution in [1.82, 2.24) is 9.80 Å². The van der Waals surface area contributed by atoms with Gasteiger partial charge in [0.25, 0.3) is 0 Å². The number of allylic oxidation sites excluding steroid dienone is 1. The fourth-order valence-electron chi connectivity index (χ4n) is 6.30. The predicted octanol–water partition coefficient (Wildman–Crippen LogP) is 2.84. The minimum atomic E-state index is -1.09. The van der Waals surface area contributed by atoms with Crippen molar-refractivity contribution in [1.29, 1.82) is 0 Å². The molecule has 0 aromatic heterocycles. The molecule has 1 N–H and O–H groups in total. The smallest absolute Gasteiger partial charge is 0.312 e. The highest BCUT2D eigenvalue weighted by Gasteiger charge is 2.75. The summed E-state index contributed by atoms with van der Waals surface area (Å²) in [5, 5.41) is 10.1. The monoisotopic (exact) mass is 490 g/mol. The van der Waals surface area contributed by atoms with Gasteiger partial charge in [0.15, 0.2) is 0 Å². The van der Waals surface area contributed by atoms with Gasteiger partial charge in [-0.05, 0) is 45.4 Å². The van der Waals surface area contributed by atoms with Gasteiger partial charge in [-0.1, -0.05) is 32.4 Å². The maximum Gasteiger partial charge on any atom is 0.312 e. The van der Waals surface area contributed by atoms with Crippen LogP contribution < -0.4 is 0 Å². The average Bonchev–Trinajstić information content (AvgIpc) is 3.48. The fraction of sp³-hybridized carbons (Fsp3) is 0.741. The first-order valence-corrected chi connectivity index (χ1v) is 13.1. The topological polar surface area (TPSA) is 96.4 Å². The van der Waals surface area contributed by atoms with Gasteiger partial charge in [-0.25, -0.2) is 0 Å². The predicted molar refractivity (Wildman–Crippen MR) is 132 cm³/mol. The Hall–Kier alpha value is -2.19. The molecule has 0 aromatic rings. The van der Waals surface area contributed by atoms with Crippen LogP contribution in [0.2, 0.25) is 0 Å². The van der Waals surface area contributed by atoms with Gasteiger partial charge in [-0.15, -0.1) is 13.2 Å². The number of esters is 1. The number of hydrogen-bond donors (Lipinski definition) is 1. The van der Waals surface area contributed by atoms with E-state index in [1.54, 1.807) is 17.1 Å².